The van der Waals surface area contributed by atoms with E-state index in [1.54, 1.807) is 11.8 Å². The number of fused-ring (bicyclic) bond motifs is 1. The lowest BCUT2D eigenvalue weighted by Gasteiger charge is -2.27. The molecular formula is C12H15NO4S. The highest BCUT2D eigenvalue weighted by Crippen LogP contribution is 2.40. The number of hydrogen-bond donors (Lipinski definition) is 0. The number of carbonyl (C=O) groups is 3. The minimum atomic E-state index is -0.625. The molecular weight excluding hydrogens is 254 g/mol. The van der Waals surface area contributed by atoms with Crippen LogP contribution in [0.3, 0.4) is 0 Å². The number of ketones is 2. The number of rotatable bonds is 2. The quantitative estimate of drug-likeness (QED) is 0.556. The topological polar surface area (TPSA) is 72.8 Å². The van der Waals surface area contributed by atoms with Crippen LogP contribution in [0.2, 0.25) is 0 Å². The first kappa shape index (κ1) is 13.3. The van der Waals surface area contributed by atoms with Gasteiger partial charge in [-0.05, 0) is 25.5 Å². The van der Waals surface area contributed by atoms with Gasteiger partial charge in [-0.2, -0.15) is 11.8 Å². The Balaban J connectivity index is 2.18. The van der Waals surface area contributed by atoms with Gasteiger partial charge in [0, 0.05) is 24.0 Å². The van der Waals surface area contributed by atoms with E-state index >= 15 is 0 Å². The minimum absolute atomic E-state index is 0.179. The molecule has 0 saturated heterocycles. The molecule has 2 saturated carbocycles. The predicted octanol–water partition coefficient (Wildman–Crippen LogP) is 1.21. The molecule has 2 aliphatic rings. The van der Waals surface area contributed by atoms with Crippen LogP contribution < -0.4 is 0 Å². The summed E-state index contributed by atoms with van der Waals surface area (Å²) < 4.78 is 0. The molecule has 18 heavy (non-hydrogen) atoms. The maximum atomic E-state index is 12.1. The van der Waals surface area contributed by atoms with E-state index in [1.165, 1.54) is 6.92 Å². The van der Waals surface area contributed by atoms with Gasteiger partial charge in [-0.15, -0.1) is 0 Å². The van der Waals surface area contributed by atoms with Gasteiger partial charge in [0.2, 0.25) is 0 Å². The van der Waals surface area contributed by atoms with Crippen LogP contribution in [0.25, 0.3) is 0 Å². The van der Waals surface area contributed by atoms with E-state index in [-0.39, 0.29) is 29.1 Å². The van der Waals surface area contributed by atoms with E-state index in [2.05, 4.69) is 9.99 Å². The zero-order chi connectivity index (χ0) is 13.3. The second kappa shape index (κ2) is 5.22. The van der Waals surface area contributed by atoms with E-state index in [9.17, 15) is 14.4 Å². The molecule has 3 atom stereocenters. The Labute approximate surface area is 109 Å². The molecule has 2 fully saturated rings. The smallest absolute Gasteiger partial charge is 0.318 e. The van der Waals surface area contributed by atoms with Gasteiger partial charge in [0.25, 0.3) is 0 Å². The number of Topliss-reactive ketones (excluding diaryl/α,β-unsaturated/α-hetero) is 2. The van der Waals surface area contributed by atoms with E-state index < -0.39 is 5.97 Å². The lowest BCUT2D eigenvalue weighted by Crippen LogP contribution is -2.28. The van der Waals surface area contributed by atoms with E-state index in [0.29, 0.717) is 5.25 Å². The number of hydrogen-bond acceptors (Lipinski definition) is 6. The van der Waals surface area contributed by atoms with Crippen LogP contribution in [-0.4, -0.2) is 34.8 Å². The highest BCUT2D eigenvalue weighted by Gasteiger charge is 2.50. The molecule has 0 spiro atoms. The first-order valence-corrected chi connectivity index (χ1v) is 7.20. The summed E-state index contributed by atoms with van der Waals surface area (Å²) in [5.41, 5.74) is -0.179. The molecule has 98 valence electrons. The second-order valence-corrected chi connectivity index (χ2v) is 5.77. The lowest BCUT2D eigenvalue weighted by atomic mass is 9.81. The Morgan fingerprint density at radius 2 is 1.94 bits per heavy atom. The van der Waals surface area contributed by atoms with Crippen LogP contribution >= 0.6 is 11.8 Å². The van der Waals surface area contributed by atoms with Crippen LogP contribution in [0.1, 0.15) is 26.2 Å². The molecule has 0 bridgehead atoms. The van der Waals surface area contributed by atoms with E-state index in [1.807, 2.05) is 6.26 Å². The van der Waals surface area contributed by atoms with Crippen molar-refractivity contribution in [3.8, 4) is 0 Å². The molecule has 0 aromatic carbocycles. The summed E-state index contributed by atoms with van der Waals surface area (Å²) in [5.74, 6) is -1.66. The number of thioether (sulfide) groups is 1. The molecule has 2 rings (SSSR count). The molecule has 3 unspecified atom stereocenters. The van der Waals surface area contributed by atoms with Gasteiger partial charge in [-0.1, -0.05) is 5.16 Å². The van der Waals surface area contributed by atoms with Gasteiger partial charge in [0.15, 0.2) is 17.3 Å². The molecule has 0 aromatic heterocycles. The van der Waals surface area contributed by atoms with Crippen LogP contribution in [-0.2, 0) is 19.2 Å². The molecule has 0 radical (unpaired) electrons. The van der Waals surface area contributed by atoms with Crippen molar-refractivity contribution < 1.29 is 19.2 Å². The molecule has 0 aliphatic heterocycles. The van der Waals surface area contributed by atoms with Crippen LogP contribution in [0.4, 0.5) is 0 Å². The van der Waals surface area contributed by atoms with Crippen molar-refractivity contribution in [3.63, 3.8) is 0 Å². The van der Waals surface area contributed by atoms with Gasteiger partial charge in [-0.25, -0.2) is 4.79 Å². The standard InChI is InChI=1S/C12H15NO4S/c1-6(14)17-13-10-11(15)8-4-3-7(18-2)5-9(8)12(10)16/h7-9H,3-5H2,1-2H3. The third-order valence-electron chi connectivity index (χ3n) is 3.54. The van der Waals surface area contributed by atoms with Gasteiger partial charge >= 0.3 is 5.97 Å². The Morgan fingerprint density at radius 1 is 1.28 bits per heavy atom. The zero-order valence-corrected chi connectivity index (χ0v) is 11.2. The Hall–Kier alpha value is -1.17. The van der Waals surface area contributed by atoms with Crippen LogP contribution in [0, 0.1) is 11.8 Å². The maximum Gasteiger partial charge on any atom is 0.332 e. The fraction of sp³-hybridized carbons (Fsp3) is 0.667. The maximum absolute atomic E-state index is 12.1. The fourth-order valence-corrected chi connectivity index (χ4v) is 3.39. The van der Waals surface area contributed by atoms with Crippen molar-refractivity contribution in [2.75, 3.05) is 6.26 Å². The van der Waals surface area contributed by atoms with Crippen molar-refractivity contribution in [1.82, 2.24) is 0 Å². The summed E-state index contributed by atoms with van der Waals surface area (Å²) in [6.07, 6.45) is 4.40. The summed E-state index contributed by atoms with van der Waals surface area (Å²) in [6, 6.07) is 0. The van der Waals surface area contributed by atoms with Crippen molar-refractivity contribution >= 4 is 35.0 Å². The van der Waals surface area contributed by atoms with Crippen molar-refractivity contribution in [2.45, 2.75) is 31.4 Å². The van der Waals surface area contributed by atoms with Crippen LogP contribution in [0.15, 0.2) is 5.16 Å². The summed E-state index contributed by atoms with van der Waals surface area (Å²) >= 11 is 1.73. The summed E-state index contributed by atoms with van der Waals surface area (Å²) in [4.78, 5) is 39.2. The molecule has 0 aromatic rings. The first-order chi connectivity index (χ1) is 8.54. The van der Waals surface area contributed by atoms with Gasteiger partial charge in [0.05, 0.1) is 0 Å². The van der Waals surface area contributed by atoms with Crippen molar-refractivity contribution in [1.29, 1.82) is 0 Å². The average Bonchev–Trinajstić information content (AvgIpc) is 2.59. The summed E-state index contributed by atoms with van der Waals surface area (Å²) in [6.45, 7) is 1.19. The predicted molar refractivity (Wildman–Crippen MR) is 67.3 cm³/mol. The van der Waals surface area contributed by atoms with Gasteiger partial charge in [-0.3, -0.25) is 9.59 Å². The van der Waals surface area contributed by atoms with E-state index in [0.717, 1.165) is 19.3 Å². The molecule has 2 aliphatic carbocycles. The number of carbonyl (C=O) groups excluding carboxylic acids is 3. The number of oxime groups is 1. The SMILES string of the molecule is CSC1CCC2C(=O)C(=NOC(C)=O)C(=O)C2C1. The fourth-order valence-electron chi connectivity index (χ4n) is 2.62. The molecule has 0 amide bonds. The Bertz CT molecular complexity index is 432. The number of nitrogens with zero attached hydrogens (tertiary/aromatic N) is 1. The average molecular weight is 269 g/mol. The van der Waals surface area contributed by atoms with Gasteiger partial charge < -0.3 is 4.84 Å². The minimum Gasteiger partial charge on any atom is -0.318 e. The molecule has 0 heterocycles. The largest absolute Gasteiger partial charge is 0.332 e. The monoisotopic (exact) mass is 269 g/mol. The zero-order valence-electron chi connectivity index (χ0n) is 10.3. The summed E-state index contributed by atoms with van der Waals surface area (Å²) in [5, 5.41) is 3.85. The first-order valence-electron chi connectivity index (χ1n) is 5.91. The third-order valence-corrected chi connectivity index (χ3v) is 4.64. The Kier molecular flexibility index (Phi) is 3.85. The third kappa shape index (κ3) is 2.34. The van der Waals surface area contributed by atoms with Crippen LogP contribution in [0.5, 0.6) is 0 Å². The summed E-state index contributed by atoms with van der Waals surface area (Å²) in [7, 11) is 0. The van der Waals surface area contributed by atoms with Crippen molar-refractivity contribution in [2.24, 2.45) is 17.0 Å². The van der Waals surface area contributed by atoms with Gasteiger partial charge in [0.1, 0.15) is 0 Å². The normalized spacial score (nSPS) is 33.7. The van der Waals surface area contributed by atoms with Crippen molar-refractivity contribution in [3.05, 3.63) is 0 Å². The molecule has 5 nitrogen and oxygen atoms in total. The highest BCUT2D eigenvalue weighted by molar-refractivity contribution is 7.99. The second-order valence-electron chi connectivity index (χ2n) is 4.64. The van der Waals surface area contributed by atoms with E-state index in [4.69, 9.17) is 0 Å². The molecule has 0 N–H and O–H groups in total. The molecule has 6 heteroatoms. The Morgan fingerprint density at radius 3 is 2.56 bits per heavy atom. The lowest BCUT2D eigenvalue weighted by molar-refractivity contribution is -0.140. The highest BCUT2D eigenvalue weighted by atomic mass is 32.2.